The van der Waals surface area contributed by atoms with Crippen LogP contribution in [0.15, 0.2) is 255 Å². The summed E-state index contributed by atoms with van der Waals surface area (Å²) in [6.07, 6.45) is 0. The molecule has 326 valence electrons. The van der Waals surface area contributed by atoms with Crippen molar-refractivity contribution in [1.29, 1.82) is 0 Å². The highest BCUT2D eigenvalue weighted by Crippen LogP contribution is 2.45. The van der Waals surface area contributed by atoms with Crippen molar-refractivity contribution in [3.8, 4) is 45.0 Å². The molecule has 0 aliphatic rings. The molecule has 11 aromatic carbocycles. The smallest absolute Gasteiger partial charge is 0.0619 e. The Hall–Kier alpha value is -9.38. The highest BCUT2D eigenvalue weighted by Gasteiger charge is 2.23. The van der Waals surface area contributed by atoms with Crippen LogP contribution < -0.4 is 0 Å². The first kappa shape index (κ1) is 38.7. The molecule has 0 aliphatic carbocycles. The molecule has 0 aliphatic heterocycles. The Labute approximate surface area is 403 Å². The van der Waals surface area contributed by atoms with Gasteiger partial charge in [-0.3, -0.25) is 0 Å². The van der Waals surface area contributed by atoms with Gasteiger partial charge in [-0.15, -0.1) is 0 Å². The van der Waals surface area contributed by atoms with Crippen molar-refractivity contribution >= 4 is 87.2 Å². The highest BCUT2D eigenvalue weighted by molar-refractivity contribution is 6.18. The maximum Gasteiger partial charge on any atom is 0.0619 e. The molecule has 0 saturated heterocycles. The van der Waals surface area contributed by atoms with Gasteiger partial charge in [0.05, 0.1) is 44.1 Å². The molecule has 4 heteroatoms. The first-order valence-corrected chi connectivity index (χ1v) is 24.1. The highest BCUT2D eigenvalue weighted by atomic mass is 15.0. The Morgan fingerprint density at radius 1 is 0.186 bits per heavy atom. The Balaban J connectivity index is 1.03. The molecule has 4 nitrogen and oxygen atoms in total. The molecule has 70 heavy (non-hydrogen) atoms. The fourth-order valence-electron chi connectivity index (χ4n) is 11.7. The van der Waals surface area contributed by atoms with Crippen molar-refractivity contribution < 1.29 is 0 Å². The number of fused-ring (bicyclic) bond motifs is 12. The van der Waals surface area contributed by atoms with E-state index < -0.39 is 0 Å². The van der Waals surface area contributed by atoms with Crippen molar-refractivity contribution in [1.82, 2.24) is 18.3 Å². The summed E-state index contributed by atoms with van der Waals surface area (Å²) >= 11 is 0. The number of para-hydroxylation sites is 7. The predicted octanol–water partition coefficient (Wildman–Crippen LogP) is 17.4. The summed E-state index contributed by atoms with van der Waals surface area (Å²) in [5.74, 6) is 0. The molecule has 0 unspecified atom stereocenters. The summed E-state index contributed by atoms with van der Waals surface area (Å²) in [7, 11) is 0. The summed E-state index contributed by atoms with van der Waals surface area (Å²) in [4.78, 5) is 0. The van der Waals surface area contributed by atoms with E-state index in [4.69, 9.17) is 0 Å². The van der Waals surface area contributed by atoms with Crippen LogP contribution in [0.25, 0.3) is 132 Å². The van der Waals surface area contributed by atoms with Crippen molar-refractivity contribution in [3.63, 3.8) is 0 Å². The van der Waals surface area contributed by atoms with Crippen LogP contribution in [0.1, 0.15) is 0 Å². The number of nitrogens with zero attached hydrogens (tertiary/aromatic N) is 4. The van der Waals surface area contributed by atoms with Gasteiger partial charge in [0.25, 0.3) is 0 Å². The number of rotatable bonds is 6. The van der Waals surface area contributed by atoms with Crippen LogP contribution in [-0.4, -0.2) is 18.3 Å². The monoisotopic (exact) mass is 890 g/mol. The van der Waals surface area contributed by atoms with Gasteiger partial charge in [-0.2, -0.15) is 0 Å². The van der Waals surface area contributed by atoms with Gasteiger partial charge in [0, 0.05) is 71.4 Å². The number of hydrogen-bond donors (Lipinski definition) is 0. The van der Waals surface area contributed by atoms with Crippen LogP contribution in [0.3, 0.4) is 0 Å². The van der Waals surface area contributed by atoms with Gasteiger partial charge in [0.15, 0.2) is 0 Å². The third-order valence-corrected chi connectivity index (χ3v) is 14.7. The van der Waals surface area contributed by atoms with Crippen LogP contribution in [0.2, 0.25) is 0 Å². The summed E-state index contributed by atoms with van der Waals surface area (Å²) in [5, 5.41) is 9.82. The van der Waals surface area contributed by atoms with Crippen LogP contribution in [-0.2, 0) is 0 Å². The second-order valence-electron chi connectivity index (χ2n) is 18.5. The molecule has 15 rings (SSSR count). The van der Waals surface area contributed by atoms with Crippen molar-refractivity contribution in [2.24, 2.45) is 0 Å². The van der Waals surface area contributed by atoms with Crippen molar-refractivity contribution in [2.45, 2.75) is 0 Å². The van der Waals surface area contributed by atoms with E-state index >= 15 is 0 Å². The standard InChI is InChI=1S/C66H42N4/c1-4-18-46(19-5-1)67-59-28-14-10-24-50(59)55-38-43(32-35-63(55)67)45-40-54(44-33-36-64-56(39-44)51-25-11-15-29-60(51)68(64)47-20-6-2-7-21-47)66-58(41-45)53-27-13-17-31-62(53)70(66)49-34-37-65-57(42-49)52-26-12-16-30-61(52)69(65)48-22-8-3-9-23-48/h1-42H. The van der Waals surface area contributed by atoms with Gasteiger partial charge < -0.3 is 18.3 Å². The minimum atomic E-state index is 1.13. The second-order valence-corrected chi connectivity index (χ2v) is 18.5. The van der Waals surface area contributed by atoms with Gasteiger partial charge in [0.2, 0.25) is 0 Å². The van der Waals surface area contributed by atoms with Crippen molar-refractivity contribution in [2.75, 3.05) is 0 Å². The summed E-state index contributed by atoms with van der Waals surface area (Å²) < 4.78 is 9.71. The van der Waals surface area contributed by atoms with Gasteiger partial charge in [-0.25, -0.2) is 0 Å². The maximum absolute atomic E-state index is 2.52. The van der Waals surface area contributed by atoms with E-state index in [2.05, 4.69) is 273 Å². The number of hydrogen-bond acceptors (Lipinski definition) is 0. The van der Waals surface area contributed by atoms with Gasteiger partial charge >= 0.3 is 0 Å². The Morgan fingerprint density at radius 3 is 1.01 bits per heavy atom. The van der Waals surface area contributed by atoms with Gasteiger partial charge in [0.1, 0.15) is 0 Å². The van der Waals surface area contributed by atoms with E-state index in [0.29, 0.717) is 0 Å². The zero-order valence-electron chi connectivity index (χ0n) is 38.0. The first-order valence-electron chi connectivity index (χ1n) is 24.1. The summed E-state index contributed by atoms with van der Waals surface area (Å²) in [6, 6.07) is 93.7. The maximum atomic E-state index is 2.52. The molecule has 0 N–H and O–H groups in total. The largest absolute Gasteiger partial charge is 0.309 e. The summed E-state index contributed by atoms with van der Waals surface area (Å²) in [6.45, 7) is 0. The molecule has 0 amide bonds. The predicted molar refractivity (Wildman–Crippen MR) is 295 cm³/mol. The van der Waals surface area contributed by atoms with E-state index in [9.17, 15) is 0 Å². The molecule has 4 heterocycles. The zero-order chi connectivity index (χ0) is 45.9. The molecule has 0 spiro atoms. The summed E-state index contributed by atoms with van der Waals surface area (Å²) in [5.41, 5.74) is 18.8. The molecular weight excluding hydrogens is 849 g/mol. The second kappa shape index (κ2) is 15.1. The van der Waals surface area contributed by atoms with E-state index in [0.717, 1.165) is 22.7 Å². The Bertz CT molecular complexity index is 4570. The normalized spacial score (nSPS) is 12.0. The van der Waals surface area contributed by atoms with Crippen LogP contribution in [0, 0.1) is 0 Å². The van der Waals surface area contributed by atoms with Gasteiger partial charge in [-0.1, -0.05) is 140 Å². The molecule has 0 fully saturated rings. The van der Waals surface area contributed by atoms with E-state index in [1.54, 1.807) is 0 Å². The van der Waals surface area contributed by atoms with Gasteiger partial charge in [-0.05, 0) is 132 Å². The lowest BCUT2D eigenvalue weighted by atomic mass is 9.94. The lowest BCUT2D eigenvalue weighted by molar-refractivity contribution is 1.17. The SMILES string of the molecule is c1ccc(-n2c3ccccc3c3cc(-c4cc(-c5ccc6c(c5)c5ccccc5n6-c5ccccc5)c5c(c4)c4ccccc4n5-c4ccc5c(c4)c4ccccc4n5-c4ccccc4)ccc32)cc1. The van der Waals surface area contributed by atoms with E-state index in [-0.39, 0.29) is 0 Å². The molecular formula is C66H42N4. The Kier molecular flexibility index (Phi) is 8.33. The quantitative estimate of drug-likeness (QED) is 0.158. The topological polar surface area (TPSA) is 19.7 Å². The molecule has 0 saturated carbocycles. The van der Waals surface area contributed by atoms with Crippen LogP contribution >= 0.6 is 0 Å². The molecule has 0 atom stereocenters. The minimum Gasteiger partial charge on any atom is -0.309 e. The average Bonchev–Trinajstić information content (AvgIpc) is 4.16. The average molecular weight is 891 g/mol. The first-order chi connectivity index (χ1) is 34.7. The number of benzene rings is 11. The molecule has 0 bridgehead atoms. The van der Waals surface area contributed by atoms with Crippen LogP contribution in [0.5, 0.6) is 0 Å². The van der Waals surface area contributed by atoms with Crippen LogP contribution in [0.4, 0.5) is 0 Å². The zero-order valence-corrected chi connectivity index (χ0v) is 38.0. The third-order valence-electron chi connectivity index (χ3n) is 14.7. The van der Waals surface area contributed by atoms with E-state index in [1.165, 1.54) is 109 Å². The molecule has 15 aromatic rings. The minimum absolute atomic E-state index is 1.13. The van der Waals surface area contributed by atoms with Crippen molar-refractivity contribution in [3.05, 3.63) is 255 Å². The fourth-order valence-corrected chi connectivity index (χ4v) is 11.7. The van der Waals surface area contributed by atoms with E-state index in [1.807, 2.05) is 0 Å². The Morgan fingerprint density at radius 2 is 0.529 bits per heavy atom. The third kappa shape index (κ3) is 5.65. The lowest BCUT2D eigenvalue weighted by Gasteiger charge is -2.15. The molecule has 0 radical (unpaired) electrons. The lowest BCUT2D eigenvalue weighted by Crippen LogP contribution is -1.97. The molecule has 4 aromatic heterocycles. The number of aromatic nitrogens is 4. The fraction of sp³-hybridized carbons (Fsp3) is 0.